The van der Waals surface area contributed by atoms with Crippen molar-refractivity contribution in [3.05, 3.63) is 510 Å². The predicted octanol–water partition coefficient (Wildman–Crippen LogP) is 26.3. The first-order valence-corrected chi connectivity index (χ1v) is 49.1. The van der Waals surface area contributed by atoms with Crippen molar-refractivity contribution in [3.63, 3.8) is 0 Å². The molecule has 0 fully saturated rings. The molecular formula is C132H84B4O8. The third-order valence-corrected chi connectivity index (χ3v) is 28.9. The Morgan fingerprint density at radius 2 is 0.278 bits per heavy atom. The Bertz CT molecular complexity index is 8540. The first kappa shape index (κ1) is 84.8. The normalized spacial score (nSPS) is 12.6. The summed E-state index contributed by atoms with van der Waals surface area (Å²) in [5, 5.41) is 0. The van der Waals surface area contributed by atoms with E-state index in [0.717, 1.165) is 191 Å². The molecule has 0 saturated carbocycles. The Hall–Kier alpha value is -18.5. The molecule has 8 nitrogen and oxygen atoms in total. The maximum atomic E-state index is 6.82. The molecule has 0 spiro atoms. The van der Waals surface area contributed by atoms with Crippen molar-refractivity contribution >= 4 is 92.4 Å². The summed E-state index contributed by atoms with van der Waals surface area (Å²) in [5.74, 6) is 14.1. The number of fused-ring (bicyclic) bond motifs is 16. The van der Waals surface area contributed by atoms with E-state index < -0.39 is 0 Å². The van der Waals surface area contributed by atoms with Crippen molar-refractivity contribution in [2.24, 2.45) is 0 Å². The van der Waals surface area contributed by atoms with Crippen molar-refractivity contribution in [1.82, 2.24) is 0 Å². The van der Waals surface area contributed by atoms with Crippen LogP contribution < -0.4 is 103 Å². The molecule has 8 heterocycles. The minimum atomic E-state index is -0.000326. The van der Waals surface area contributed by atoms with E-state index >= 15 is 0 Å². The SMILES string of the molecule is c1ccc(-c2ccc3c(c2)B2c4ccccc4Oc4c(-c5ccccc5)ccc(c42)O3)cc1.c1ccc(-c2ccc3c(c2)B2c4ccccc4Oc4ccc(-c5ccccc5)c(c42)O3)cc1.c1ccc(-c2ccc3c(c2)Oc2c(-c4ccccc4)ccc4c2B3c2cc(-c3ccccc3)ccc2O4)cc1.c1ccc(-c2ccc3c(c2)Oc2ccc(-c4ccccc4)c4c2B3c2cc(-c3ccccc3)ccc2O4)cc1. The van der Waals surface area contributed by atoms with Gasteiger partial charge in [0.1, 0.15) is 92.0 Å². The molecule has 0 radical (unpaired) electrons. The molecule has 8 aliphatic rings. The molecule has 22 aromatic rings. The van der Waals surface area contributed by atoms with E-state index in [-0.39, 0.29) is 26.9 Å². The van der Waals surface area contributed by atoms with E-state index in [1.165, 1.54) is 77.5 Å². The Balaban J connectivity index is 0.0000000959. The van der Waals surface area contributed by atoms with Gasteiger partial charge in [0.15, 0.2) is 0 Å². The molecule has 0 amide bonds. The summed E-state index contributed by atoms with van der Waals surface area (Å²) in [4.78, 5) is 0. The molecule has 8 aliphatic heterocycles. The minimum Gasteiger partial charge on any atom is -0.458 e. The van der Waals surface area contributed by atoms with Crippen LogP contribution in [0.5, 0.6) is 92.0 Å². The summed E-state index contributed by atoms with van der Waals surface area (Å²) in [6, 6.07) is 178. The van der Waals surface area contributed by atoms with Crippen LogP contribution in [0.15, 0.2) is 510 Å². The highest BCUT2D eigenvalue weighted by Gasteiger charge is 2.47. The Morgan fingerprint density at radius 3 is 0.542 bits per heavy atom. The van der Waals surface area contributed by atoms with Crippen LogP contribution in [0, 0.1) is 0 Å². The molecule has 12 heteroatoms. The van der Waals surface area contributed by atoms with E-state index in [1.54, 1.807) is 0 Å². The molecule has 144 heavy (non-hydrogen) atoms. The number of para-hydroxylation sites is 2. The first-order valence-electron chi connectivity index (χ1n) is 49.1. The third-order valence-electron chi connectivity index (χ3n) is 28.9. The number of hydrogen-bond donors (Lipinski definition) is 0. The van der Waals surface area contributed by atoms with Gasteiger partial charge >= 0.3 is 0 Å². The lowest BCUT2D eigenvalue weighted by Crippen LogP contribution is -2.57. The Morgan fingerprint density at radius 1 is 0.104 bits per heavy atom. The van der Waals surface area contributed by atoms with Crippen LogP contribution in [0.3, 0.4) is 0 Å². The molecule has 0 aliphatic carbocycles. The van der Waals surface area contributed by atoms with Crippen LogP contribution in [0.25, 0.3) is 111 Å². The molecule has 30 rings (SSSR count). The van der Waals surface area contributed by atoms with Crippen molar-refractivity contribution in [3.8, 4) is 203 Å². The zero-order valence-electron chi connectivity index (χ0n) is 78.1. The van der Waals surface area contributed by atoms with Crippen LogP contribution in [-0.2, 0) is 0 Å². The van der Waals surface area contributed by atoms with Gasteiger partial charge in [-0.3, -0.25) is 0 Å². The van der Waals surface area contributed by atoms with Gasteiger partial charge in [-0.2, -0.15) is 0 Å². The van der Waals surface area contributed by atoms with Crippen molar-refractivity contribution in [2.45, 2.75) is 0 Å². The zero-order valence-corrected chi connectivity index (χ0v) is 78.1. The van der Waals surface area contributed by atoms with Gasteiger partial charge in [-0.15, -0.1) is 0 Å². The molecular weight excluding hydrogens is 1760 g/mol. The Labute approximate surface area is 837 Å². The van der Waals surface area contributed by atoms with E-state index in [2.05, 4.69) is 449 Å². The number of hydrogen-bond acceptors (Lipinski definition) is 8. The summed E-state index contributed by atoms with van der Waals surface area (Å²) in [6.07, 6.45) is 0. The molecule has 0 atom stereocenters. The Kier molecular flexibility index (Phi) is 21.2. The lowest BCUT2D eigenvalue weighted by Gasteiger charge is -2.34. The van der Waals surface area contributed by atoms with Crippen LogP contribution in [0.1, 0.15) is 0 Å². The van der Waals surface area contributed by atoms with Gasteiger partial charge in [0.25, 0.3) is 26.9 Å². The monoisotopic (exact) mass is 1840 g/mol. The fraction of sp³-hybridized carbons (Fsp3) is 0. The second kappa shape index (κ2) is 36.1. The zero-order chi connectivity index (χ0) is 95.1. The van der Waals surface area contributed by atoms with Crippen LogP contribution in [0.4, 0.5) is 0 Å². The quantitative estimate of drug-likeness (QED) is 0.125. The smallest absolute Gasteiger partial charge is 0.260 e. The van der Waals surface area contributed by atoms with Gasteiger partial charge in [0.2, 0.25) is 0 Å². The summed E-state index contributed by atoms with van der Waals surface area (Å²) in [6.45, 7) is 0.103. The first-order chi connectivity index (χ1) is 71.4. The molecule has 0 N–H and O–H groups in total. The highest BCUT2D eigenvalue weighted by atomic mass is 16.5. The molecule has 0 unspecified atom stereocenters. The van der Waals surface area contributed by atoms with Crippen LogP contribution in [0.2, 0.25) is 0 Å². The van der Waals surface area contributed by atoms with Gasteiger partial charge in [-0.05, 0) is 230 Å². The van der Waals surface area contributed by atoms with Crippen LogP contribution in [-0.4, -0.2) is 26.9 Å². The van der Waals surface area contributed by atoms with Crippen molar-refractivity contribution in [2.75, 3.05) is 0 Å². The van der Waals surface area contributed by atoms with E-state index in [0.29, 0.717) is 0 Å². The number of ether oxygens (including phenoxy) is 8. The number of rotatable bonds is 10. The van der Waals surface area contributed by atoms with Crippen molar-refractivity contribution < 1.29 is 37.9 Å². The van der Waals surface area contributed by atoms with Gasteiger partial charge in [-0.25, -0.2) is 0 Å². The molecule has 0 aromatic heterocycles. The van der Waals surface area contributed by atoms with Gasteiger partial charge in [0, 0.05) is 44.1 Å². The molecule has 0 saturated heterocycles. The lowest BCUT2D eigenvalue weighted by atomic mass is 9.34. The topological polar surface area (TPSA) is 73.8 Å². The third kappa shape index (κ3) is 15.2. The summed E-state index contributed by atoms with van der Waals surface area (Å²) in [5.41, 5.74) is 36.7. The largest absolute Gasteiger partial charge is 0.458 e. The number of benzene rings is 22. The van der Waals surface area contributed by atoms with Crippen molar-refractivity contribution in [1.29, 1.82) is 0 Å². The standard InChI is InChI=1S/2C36H23BO2.2C30H19BO2/c1-4-10-24(11-5-1)27-17-20-32-31(22-27)37-30-19-16-28(25-12-6-2-7-13-25)23-34(30)38-33-21-18-29(36(39-32)35(33)37)26-14-8-3-9-15-26;1-4-10-24(11-5-1)27-17-20-32-31(22-27)37-30-19-16-28(25-12-6-2-7-13-25)23-34(30)39-36-29(26-14-8-3-9-15-26)18-21-33(38-32)35(36)37;1-3-9-20(10-4-1)22-15-17-27-25(19-22)31-24-13-7-8-14-26(24)33-30-23(21-11-5-2-6-12-21)16-18-28(32-27)29(30)31;1-3-9-20(10-4-1)22-15-17-27-25(19-22)31-24-13-7-8-14-26(24)32-28-18-16-23(30(33-27)29(28)31)21-11-5-2-6-12-21/h2*1-23H;2*1-19H. The van der Waals surface area contributed by atoms with E-state index in [9.17, 15) is 0 Å². The molecule has 22 aromatic carbocycles. The average molecular weight is 1840 g/mol. The van der Waals surface area contributed by atoms with Gasteiger partial charge in [-0.1, -0.05) is 413 Å². The summed E-state index contributed by atoms with van der Waals surface area (Å²) >= 11 is 0. The maximum Gasteiger partial charge on any atom is 0.260 e. The highest BCUT2D eigenvalue weighted by Crippen LogP contribution is 2.49. The molecule has 672 valence electrons. The summed E-state index contributed by atoms with van der Waals surface area (Å²) < 4.78 is 52.7. The highest BCUT2D eigenvalue weighted by molar-refractivity contribution is 7.00. The predicted molar refractivity (Wildman–Crippen MR) is 591 cm³/mol. The fourth-order valence-corrected chi connectivity index (χ4v) is 22.1. The summed E-state index contributed by atoms with van der Waals surface area (Å²) in [7, 11) is 0. The average Bonchev–Trinajstić information content (AvgIpc) is 0.730. The second-order valence-electron chi connectivity index (χ2n) is 37.2. The fourth-order valence-electron chi connectivity index (χ4n) is 22.1. The van der Waals surface area contributed by atoms with Gasteiger partial charge < -0.3 is 37.9 Å². The maximum absolute atomic E-state index is 6.82. The second-order valence-corrected chi connectivity index (χ2v) is 37.2. The van der Waals surface area contributed by atoms with Gasteiger partial charge in [0.05, 0.1) is 0 Å². The molecule has 0 bridgehead atoms. The van der Waals surface area contributed by atoms with E-state index in [1.807, 2.05) is 60.7 Å². The van der Waals surface area contributed by atoms with E-state index in [4.69, 9.17) is 37.9 Å². The lowest BCUT2D eigenvalue weighted by molar-refractivity contribution is 0.465. The minimum absolute atomic E-state index is 0.000326. The van der Waals surface area contributed by atoms with Crippen LogP contribution >= 0.6 is 0 Å².